The van der Waals surface area contributed by atoms with E-state index in [1.165, 1.54) is 6.26 Å². The summed E-state index contributed by atoms with van der Waals surface area (Å²) >= 11 is 6.00. The van der Waals surface area contributed by atoms with Crippen LogP contribution >= 0.6 is 11.6 Å². The number of hydrogen-bond acceptors (Lipinski definition) is 6. The van der Waals surface area contributed by atoms with Crippen LogP contribution in [0.3, 0.4) is 0 Å². The number of fused-ring (bicyclic) bond motifs is 1. The number of ether oxygens (including phenoxy) is 1. The number of rotatable bonds is 7. The molecule has 2 aromatic carbocycles. The molecule has 0 unspecified atom stereocenters. The van der Waals surface area contributed by atoms with Crippen molar-refractivity contribution < 1.29 is 18.7 Å². The van der Waals surface area contributed by atoms with E-state index in [1.54, 1.807) is 50.0 Å². The highest BCUT2D eigenvalue weighted by atomic mass is 35.5. The number of nitrogens with one attached hydrogen (secondary N) is 1. The predicted octanol–water partition coefficient (Wildman–Crippen LogP) is 5.22. The number of anilines is 1. The van der Waals surface area contributed by atoms with Crippen LogP contribution < -0.4 is 10.1 Å². The molecule has 174 valence electrons. The SMILES string of the molecule is COc1ccc2c(c1)c(C(=O)C(=O)Nc1nc(-c3cccnc3)co1)cn2Cc1ccc(Cl)cc1. The number of pyridine rings is 1. The fourth-order valence-electron chi connectivity index (χ4n) is 3.76. The lowest BCUT2D eigenvalue weighted by molar-refractivity contribution is -0.112. The molecule has 0 saturated heterocycles. The van der Waals surface area contributed by atoms with Gasteiger partial charge in [-0.3, -0.25) is 19.9 Å². The molecule has 35 heavy (non-hydrogen) atoms. The number of methoxy groups -OCH3 is 1. The van der Waals surface area contributed by atoms with E-state index in [1.807, 2.05) is 34.9 Å². The Balaban J connectivity index is 1.44. The lowest BCUT2D eigenvalue weighted by Crippen LogP contribution is -2.23. The van der Waals surface area contributed by atoms with Gasteiger partial charge >= 0.3 is 6.01 Å². The van der Waals surface area contributed by atoms with Gasteiger partial charge in [-0.2, -0.15) is 4.98 Å². The first-order chi connectivity index (χ1) is 17.0. The Hall–Kier alpha value is -4.43. The molecule has 5 aromatic rings. The molecule has 8 nitrogen and oxygen atoms in total. The van der Waals surface area contributed by atoms with Crippen LogP contribution in [0.1, 0.15) is 15.9 Å². The van der Waals surface area contributed by atoms with Gasteiger partial charge in [-0.05, 0) is 48.0 Å². The van der Waals surface area contributed by atoms with Crippen molar-refractivity contribution in [1.29, 1.82) is 0 Å². The Morgan fingerprint density at radius 1 is 1.14 bits per heavy atom. The number of ketones is 1. The van der Waals surface area contributed by atoms with Gasteiger partial charge in [0.25, 0.3) is 11.7 Å². The fourth-order valence-corrected chi connectivity index (χ4v) is 3.88. The van der Waals surface area contributed by atoms with Crippen molar-refractivity contribution in [3.63, 3.8) is 0 Å². The molecule has 0 bridgehead atoms. The summed E-state index contributed by atoms with van der Waals surface area (Å²) < 4.78 is 12.6. The lowest BCUT2D eigenvalue weighted by atomic mass is 10.1. The number of Topliss-reactive ketones (excluding diaryl/α,β-unsaturated/α-hetero) is 1. The van der Waals surface area contributed by atoms with Crippen LogP contribution in [0.2, 0.25) is 5.02 Å². The van der Waals surface area contributed by atoms with Crippen LogP contribution in [-0.4, -0.2) is 33.3 Å². The predicted molar refractivity (Wildman–Crippen MR) is 132 cm³/mol. The molecular weight excluding hydrogens is 468 g/mol. The first kappa shape index (κ1) is 22.4. The average molecular weight is 487 g/mol. The largest absolute Gasteiger partial charge is 0.497 e. The molecule has 5 rings (SSSR count). The number of aromatic nitrogens is 3. The quantitative estimate of drug-likeness (QED) is 0.250. The Morgan fingerprint density at radius 3 is 2.71 bits per heavy atom. The lowest BCUT2D eigenvalue weighted by Gasteiger charge is -2.06. The molecule has 3 heterocycles. The van der Waals surface area contributed by atoms with Crippen LogP contribution in [0.25, 0.3) is 22.2 Å². The molecule has 1 N–H and O–H groups in total. The van der Waals surface area contributed by atoms with Crippen molar-refractivity contribution in [2.75, 3.05) is 12.4 Å². The van der Waals surface area contributed by atoms with E-state index in [0.29, 0.717) is 28.4 Å². The van der Waals surface area contributed by atoms with Crippen LogP contribution in [0.4, 0.5) is 6.01 Å². The van der Waals surface area contributed by atoms with Crippen molar-refractivity contribution in [3.05, 3.63) is 95.6 Å². The number of carbonyl (C=O) groups excluding carboxylic acids is 2. The molecule has 0 fully saturated rings. The van der Waals surface area contributed by atoms with E-state index in [2.05, 4.69) is 15.3 Å². The third-order valence-corrected chi connectivity index (χ3v) is 5.74. The third-order valence-electron chi connectivity index (χ3n) is 5.49. The zero-order valence-electron chi connectivity index (χ0n) is 18.6. The van der Waals surface area contributed by atoms with E-state index >= 15 is 0 Å². The smallest absolute Gasteiger partial charge is 0.302 e. The highest BCUT2D eigenvalue weighted by Crippen LogP contribution is 2.28. The van der Waals surface area contributed by atoms with Gasteiger partial charge in [0, 0.05) is 46.6 Å². The van der Waals surface area contributed by atoms with Crippen molar-refractivity contribution in [2.45, 2.75) is 6.54 Å². The highest BCUT2D eigenvalue weighted by molar-refractivity contribution is 6.48. The zero-order chi connectivity index (χ0) is 24.4. The summed E-state index contributed by atoms with van der Waals surface area (Å²) in [5, 5.41) is 3.69. The van der Waals surface area contributed by atoms with E-state index in [4.69, 9.17) is 20.8 Å². The molecule has 9 heteroatoms. The maximum atomic E-state index is 13.2. The molecule has 0 saturated carbocycles. The van der Waals surface area contributed by atoms with E-state index < -0.39 is 11.7 Å². The summed E-state index contributed by atoms with van der Waals surface area (Å²) in [5.74, 6) is -1.01. The third kappa shape index (κ3) is 4.64. The summed E-state index contributed by atoms with van der Waals surface area (Å²) in [5.41, 5.74) is 3.23. The summed E-state index contributed by atoms with van der Waals surface area (Å²) in [4.78, 5) is 34.3. The molecule has 0 atom stereocenters. The minimum absolute atomic E-state index is 0.0790. The Morgan fingerprint density at radius 2 is 1.97 bits per heavy atom. The Bertz CT molecular complexity index is 1520. The summed E-state index contributed by atoms with van der Waals surface area (Å²) in [6, 6.07) is 16.3. The summed E-state index contributed by atoms with van der Waals surface area (Å²) in [6.07, 6.45) is 6.32. The average Bonchev–Trinajstić information content (AvgIpc) is 3.50. The van der Waals surface area contributed by atoms with Crippen molar-refractivity contribution >= 4 is 40.2 Å². The van der Waals surface area contributed by atoms with Gasteiger partial charge in [0.05, 0.1) is 12.7 Å². The van der Waals surface area contributed by atoms with E-state index in [0.717, 1.165) is 16.6 Å². The second-order valence-electron chi connectivity index (χ2n) is 7.74. The number of hydrogen-bond donors (Lipinski definition) is 1. The minimum Gasteiger partial charge on any atom is -0.497 e. The van der Waals surface area contributed by atoms with Gasteiger partial charge in [0.1, 0.15) is 17.7 Å². The van der Waals surface area contributed by atoms with Gasteiger partial charge in [-0.25, -0.2) is 0 Å². The number of carbonyl (C=O) groups is 2. The monoisotopic (exact) mass is 486 g/mol. The number of oxazole rings is 1. The first-order valence-electron chi connectivity index (χ1n) is 10.6. The summed E-state index contributed by atoms with van der Waals surface area (Å²) in [6.45, 7) is 0.489. The van der Waals surface area contributed by atoms with Gasteiger partial charge in [0.2, 0.25) is 0 Å². The first-order valence-corrected chi connectivity index (χ1v) is 11.0. The Labute approximate surface area is 205 Å². The van der Waals surface area contributed by atoms with Crippen LogP contribution in [-0.2, 0) is 11.3 Å². The number of benzene rings is 2. The Kier molecular flexibility index (Phi) is 6.03. The van der Waals surface area contributed by atoms with Crippen molar-refractivity contribution in [3.8, 4) is 17.0 Å². The number of nitrogens with zero attached hydrogens (tertiary/aromatic N) is 3. The molecule has 0 radical (unpaired) electrons. The van der Waals surface area contributed by atoms with Crippen molar-refractivity contribution in [1.82, 2.24) is 14.5 Å². The van der Waals surface area contributed by atoms with Gasteiger partial charge in [-0.15, -0.1) is 0 Å². The second kappa shape index (κ2) is 9.44. The van der Waals surface area contributed by atoms with Crippen LogP contribution in [0, 0.1) is 0 Å². The zero-order valence-corrected chi connectivity index (χ0v) is 19.3. The molecule has 0 aliphatic carbocycles. The highest BCUT2D eigenvalue weighted by Gasteiger charge is 2.24. The number of amides is 1. The van der Waals surface area contributed by atoms with E-state index in [9.17, 15) is 9.59 Å². The van der Waals surface area contributed by atoms with E-state index in [-0.39, 0.29) is 11.6 Å². The minimum atomic E-state index is -0.863. The molecule has 0 aliphatic heterocycles. The molecule has 0 spiro atoms. The van der Waals surface area contributed by atoms with Crippen molar-refractivity contribution in [2.24, 2.45) is 0 Å². The molecular formula is C26H19ClN4O4. The van der Waals surface area contributed by atoms with Crippen LogP contribution in [0.5, 0.6) is 5.75 Å². The maximum absolute atomic E-state index is 13.2. The standard InChI is InChI=1S/C26H19ClN4O4/c1-34-19-8-9-23-20(11-19)21(14-31(23)13-16-4-6-18(27)7-5-16)24(32)25(33)30-26-29-22(15-35-26)17-3-2-10-28-12-17/h2-12,14-15H,13H2,1H3,(H,29,30,33). The number of halogens is 1. The second-order valence-corrected chi connectivity index (χ2v) is 8.18. The molecule has 3 aromatic heterocycles. The van der Waals surface area contributed by atoms with Crippen LogP contribution in [0.15, 0.2) is 83.9 Å². The molecule has 1 amide bonds. The maximum Gasteiger partial charge on any atom is 0.302 e. The fraction of sp³-hybridized carbons (Fsp3) is 0.0769. The van der Waals surface area contributed by atoms with Gasteiger partial charge in [-0.1, -0.05) is 23.7 Å². The normalized spacial score (nSPS) is 10.9. The summed E-state index contributed by atoms with van der Waals surface area (Å²) in [7, 11) is 1.54. The van der Waals surface area contributed by atoms with Gasteiger partial charge in [0.15, 0.2) is 0 Å². The van der Waals surface area contributed by atoms with Gasteiger partial charge < -0.3 is 13.7 Å². The molecule has 0 aliphatic rings. The topological polar surface area (TPSA) is 99.2 Å².